The first-order valence-corrected chi connectivity index (χ1v) is 7.78. The van der Waals surface area contributed by atoms with E-state index in [1.165, 1.54) is 24.0 Å². The summed E-state index contributed by atoms with van der Waals surface area (Å²) in [5.41, 5.74) is 4.81. The summed E-state index contributed by atoms with van der Waals surface area (Å²) in [6, 6.07) is 7.07. The molecule has 1 N–H and O–H groups in total. The van der Waals surface area contributed by atoms with Crippen LogP contribution < -0.4 is 5.32 Å². The average molecular weight is 259 g/mol. The van der Waals surface area contributed by atoms with Crippen molar-refractivity contribution in [1.29, 1.82) is 0 Å². The van der Waals surface area contributed by atoms with Gasteiger partial charge in [0.1, 0.15) is 0 Å². The minimum Gasteiger partial charge on any atom is -0.316 e. The molecule has 1 aliphatic rings. The predicted molar refractivity (Wildman–Crippen MR) is 83.7 cm³/mol. The molecule has 2 unspecified atom stereocenters. The molecule has 2 rings (SSSR count). The van der Waals surface area contributed by atoms with Crippen LogP contribution in [0, 0.1) is 25.7 Å². The monoisotopic (exact) mass is 259 g/mol. The minimum absolute atomic E-state index is 0.419. The lowest BCUT2D eigenvalue weighted by Crippen LogP contribution is -2.31. The molecule has 0 spiro atoms. The van der Waals surface area contributed by atoms with Crippen LogP contribution >= 0.6 is 0 Å². The highest BCUT2D eigenvalue weighted by Gasteiger charge is 2.53. The van der Waals surface area contributed by atoms with Crippen molar-refractivity contribution in [3.8, 4) is 0 Å². The average Bonchev–Trinajstić information content (AvgIpc) is 3.07. The topological polar surface area (TPSA) is 12.0 Å². The summed E-state index contributed by atoms with van der Waals surface area (Å²) in [4.78, 5) is 0. The van der Waals surface area contributed by atoms with Crippen LogP contribution in [0.2, 0.25) is 0 Å². The molecular weight excluding hydrogens is 230 g/mol. The molecule has 1 fully saturated rings. The van der Waals surface area contributed by atoms with E-state index >= 15 is 0 Å². The number of rotatable bonds is 6. The first-order chi connectivity index (χ1) is 8.99. The van der Waals surface area contributed by atoms with Gasteiger partial charge in [0.25, 0.3) is 0 Å². The van der Waals surface area contributed by atoms with Crippen LogP contribution in [0.4, 0.5) is 0 Å². The Balaban J connectivity index is 2.13. The molecule has 1 aromatic carbocycles. The van der Waals surface area contributed by atoms with Gasteiger partial charge in [-0.05, 0) is 55.3 Å². The maximum Gasteiger partial charge on any atom is 0.0109 e. The van der Waals surface area contributed by atoms with Gasteiger partial charge in [0.2, 0.25) is 0 Å². The first-order valence-electron chi connectivity index (χ1n) is 7.78. The second kappa shape index (κ2) is 5.66. The van der Waals surface area contributed by atoms with Gasteiger partial charge in [0, 0.05) is 12.0 Å². The Bertz CT molecular complexity index is 435. The highest BCUT2D eigenvalue weighted by Crippen LogP contribution is 2.55. The number of benzene rings is 1. The smallest absolute Gasteiger partial charge is 0.0109 e. The lowest BCUT2D eigenvalue weighted by Gasteiger charge is -2.21. The number of aryl methyl sites for hydroxylation is 2. The van der Waals surface area contributed by atoms with Crippen molar-refractivity contribution < 1.29 is 0 Å². The van der Waals surface area contributed by atoms with Crippen molar-refractivity contribution in [3.63, 3.8) is 0 Å². The van der Waals surface area contributed by atoms with E-state index in [0.717, 1.165) is 24.9 Å². The Morgan fingerprint density at radius 1 is 1.26 bits per heavy atom. The van der Waals surface area contributed by atoms with Crippen LogP contribution in [0.1, 0.15) is 50.3 Å². The molecule has 0 aliphatic heterocycles. The third-order valence-electron chi connectivity index (χ3n) is 4.80. The molecule has 1 saturated carbocycles. The van der Waals surface area contributed by atoms with Crippen LogP contribution in [0.3, 0.4) is 0 Å². The molecule has 0 heterocycles. The zero-order chi connectivity index (χ0) is 14.0. The molecular formula is C18H29N. The summed E-state index contributed by atoms with van der Waals surface area (Å²) < 4.78 is 0. The lowest BCUT2D eigenvalue weighted by atomic mass is 9.90. The highest BCUT2D eigenvalue weighted by atomic mass is 14.9. The lowest BCUT2D eigenvalue weighted by molar-refractivity contribution is 0.483. The van der Waals surface area contributed by atoms with Crippen molar-refractivity contribution in [2.45, 2.75) is 52.9 Å². The van der Waals surface area contributed by atoms with Gasteiger partial charge in [-0.1, -0.05) is 45.4 Å². The fraction of sp³-hybridized carbons (Fsp3) is 0.667. The van der Waals surface area contributed by atoms with Gasteiger partial charge >= 0.3 is 0 Å². The number of hydrogen-bond acceptors (Lipinski definition) is 1. The van der Waals surface area contributed by atoms with Gasteiger partial charge in [-0.2, -0.15) is 0 Å². The van der Waals surface area contributed by atoms with Gasteiger partial charge in [0.05, 0.1) is 0 Å². The van der Waals surface area contributed by atoms with Gasteiger partial charge in [-0.15, -0.1) is 0 Å². The molecule has 0 saturated heterocycles. The third kappa shape index (κ3) is 3.02. The molecule has 1 aliphatic carbocycles. The second-order valence-electron chi connectivity index (χ2n) is 6.79. The van der Waals surface area contributed by atoms with E-state index < -0.39 is 0 Å². The van der Waals surface area contributed by atoms with Crippen LogP contribution in [0.25, 0.3) is 0 Å². The molecule has 0 aromatic heterocycles. The van der Waals surface area contributed by atoms with Gasteiger partial charge < -0.3 is 5.32 Å². The second-order valence-corrected chi connectivity index (χ2v) is 6.79. The van der Waals surface area contributed by atoms with E-state index in [9.17, 15) is 0 Å². The fourth-order valence-electron chi connectivity index (χ4n) is 3.22. The van der Waals surface area contributed by atoms with E-state index in [1.807, 2.05) is 0 Å². The Morgan fingerprint density at radius 3 is 2.53 bits per heavy atom. The van der Waals surface area contributed by atoms with E-state index in [1.54, 1.807) is 5.56 Å². The van der Waals surface area contributed by atoms with Crippen LogP contribution in [0.5, 0.6) is 0 Å². The SMILES string of the molecule is CCC1CC1(CNCC(C)C)c1ccc(C)c(C)c1. The summed E-state index contributed by atoms with van der Waals surface area (Å²) >= 11 is 0. The Morgan fingerprint density at radius 2 is 2.00 bits per heavy atom. The zero-order valence-corrected chi connectivity index (χ0v) is 13.2. The van der Waals surface area contributed by atoms with E-state index in [2.05, 4.69) is 58.1 Å². The van der Waals surface area contributed by atoms with Crippen LogP contribution in [0.15, 0.2) is 18.2 Å². The van der Waals surface area contributed by atoms with Crippen molar-refractivity contribution in [3.05, 3.63) is 34.9 Å². The highest BCUT2D eigenvalue weighted by molar-refractivity contribution is 5.39. The maximum absolute atomic E-state index is 3.68. The quantitative estimate of drug-likeness (QED) is 0.806. The van der Waals surface area contributed by atoms with Crippen LogP contribution in [-0.2, 0) is 5.41 Å². The fourth-order valence-corrected chi connectivity index (χ4v) is 3.22. The van der Waals surface area contributed by atoms with E-state index in [0.29, 0.717) is 5.41 Å². The molecule has 1 aromatic rings. The van der Waals surface area contributed by atoms with Gasteiger partial charge in [-0.3, -0.25) is 0 Å². The standard InChI is InChI=1S/C18H29N/c1-6-16-10-18(16,12-19-11-13(2)3)17-8-7-14(4)15(5)9-17/h7-9,13,16,19H,6,10-12H2,1-5H3. The van der Waals surface area contributed by atoms with Crippen molar-refractivity contribution in [2.75, 3.05) is 13.1 Å². The van der Waals surface area contributed by atoms with E-state index in [-0.39, 0.29) is 0 Å². The van der Waals surface area contributed by atoms with Gasteiger partial charge in [-0.25, -0.2) is 0 Å². The zero-order valence-electron chi connectivity index (χ0n) is 13.2. The summed E-state index contributed by atoms with van der Waals surface area (Å²) in [5, 5.41) is 3.68. The molecule has 2 atom stereocenters. The summed E-state index contributed by atoms with van der Waals surface area (Å²) in [7, 11) is 0. The molecule has 106 valence electrons. The van der Waals surface area contributed by atoms with Crippen molar-refractivity contribution in [1.82, 2.24) is 5.32 Å². The molecule has 0 bridgehead atoms. The normalized spacial score (nSPS) is 25.9. The number of nitrogens with one attached hydrogen (secondary N) is 1. The van der Waals surface area contributed by atoms with Gasteiger partial charge in [0.15, 0.2) is 0 Å². The largest absolute Gasteiger partial charge is 0.316 e. The Kier molecular flexibility index (Phi) is 4.35. The van der Waals surface area contributed by atoms with Crippen molar-refractivity contribution in [2.24, 2.45) is 11.8 Å². The molecule has 1 nitrogen and oxygen atoms in total. The Hall–Kier alpha value is -0.820. The summed E-state index contributed by atoms with van der Waals surface area (Å²) in [6.07, 6.45) is 2.66. The molecule has 0 amide bonds. The molecule has 0 radical (unpaired) electrons. The van der Waals surface area contributed by atoms with Crippen molar-refractivity contribution >= 4 is 0 Å². The first kappa shape index (κ1) is 14.6. The summed E-state index contributed by atoms with van der Waals surface area (Å²) in [6.45, 7) is 13.6. The number of hydrogen-bond donors (Lipinski definition) is 1. The van der Waals surface area contributed by atoms with Crippen LogP contribution in [-0.4, -0.2) is 13.1 Å². The minimum atomic E-state index is 0.419. The molecule has 1 heteroatoms. The summed E-state index contributed by atoms with van der Waals surface area (Å²) in [5.74, 6) is 1.60. The molecule has 19 heavy (non-hydrogen) atoms. The van der Waals surface area contributed by atoms with E-state index in [4.69, 9.17) is 0 Å². The Labute approximate surface area is 118 Å². The third-order valence-corrected chi connectivity index (χ3v) is 4.80. The predicted octanol–water partition coefficient (Wildman–Crippen LogP) is 4.22. The maximum atomic E-state index is 3.68.